The third-order valence-corrected chi connectivity index (χ3v) is 8.96. The van der Waals surface area contributed by atoms with Gasteiger partial charge < -0.3 is 33.5 Å². The lowest BCUT2D eigenvalue weighted by Gasteiger charge is -2.53. The Balaban J connectivity index is 0.000000162. The number of nitrogens with zero attached hydrogens (tertiary/aromatic N) is 6. The summed E-state index contributed by atoms with van der Waals surface area (Å²) in [6, 6.07) is 14.1. The third-order valence-electron chi connectivity index (χ3n) is 8.96. The van der Waals surface area contributed by atoms with Crippen molar-refractivity contribution in [3.63, 3.8) is 0 Å². The monoisotopic (exact) mass is 664 g/mol. The van der Waals surface area contributed by atoms with E-state index in [9.17, 15) is 0 Å². The maximum atomic E-state index is 8.36. The van der Waals surface area contributed by atoms with Gasteiger partial charge in [0.25, 0.3) is 6.47 Å². The van der Waals surface area contributed by atoms with Crippen molar-refractivity contribution in [2.75, 3.05) is 56.4 Å². The number of rotatable bonds is 4. The summed E-state index contributed by atoms with van der Waals surface area (Å²) in [4.78, 5) is 30.9. The van der Waals surface area contributed by atoms with Crippen molar-refractivity contribution in [3.05, 3.63) is 78.0 Å². The quantitative estimate of drug-likeness (QED) is 0.202. The molecule has 3 saturated heterocycles. The number of fused-ring (bicyclic) bond motifs is 3. The van der Waals surface area contributed by atoms with Crippen molar-refractivity contribution < 1.29 is 28.5 Å². The molecule has 0 bridgehead atoms. The molecule has 254 valence electrons. The first-order valence-electron chi connectivity index (χ1n) is 16.5. The van der Waals surface area contributed by atoms with E-state index in [-0.39, 0.29) is 18.1 Å². The topological polar surface area (TPSA) is 136 Å². The molecule has 7 heterocycles. The number of morpholine rings is 1. The molecule has 1 atom stereocenters. The predicted molar refractivity (Wildman–Crippen MR) is 186 cm³/mol. The van der Waals surface area contributed by atoms with Crippen molar-refractivity contribution in [1.82, 2.24) is 19.9 Å². The molecular weight excluding hydrogens is 624 g/mol. The third kappa shape index (κ3) is 7.13. The highest BCUT2D eigenvalue weighted by Gasteiger charge is 2.50. The second kappa shape index (κ2) is 15.3. The lowest BCUT2D eigenvalue weighted by atomic mass is 9.90. The summed E-state index contributed by atoms with van der Waals surface area (Å²) in [6.07, 6.45) is 8.52. The van der Waals surface area contributed by atoms with Crippen LogP contribution >= 0.6 is 0 Å². The first kappa shape index (κ1) is 33.6. The highest BCUT2D eigenvalue weighted by molar-refractivity contribution is 6.05. The zero-order valence-electron chi connectivity index (χ0n) is 28.0. The summed E-state index contributed by atoms with van der Waals surface area (Å²) in [5.41, 5.74) is 5.09. The molecule has 0 amide bonds. The molecule has 1 spiro atoms. The molecule has 12 heteroatoms. The molecule has 12 nitrogen and oxygen atoms in total. The van der Waals surface area contributed by atoms with Gasteiger partial charge in [0.15, 0.2) is 11.4 Å². The smallest absolute Gasteiger partial charge is 0.290 e. The number of anilines is 2. The van der Waals surface area contributed by atoms with E-state index < -0.39 is 0 Å². The van der Waals surface area contributed by atoms with Crippen molar-refractivity contribution in [1.29, 1.82) is 0 Å². The number of furan rings is 1. The average Bonchev–Trinajstić information content (AvgIpc) is 3.80. The SMILES string of the molecule is CCc1nc(N2CCCC2)c2oc3ccccc3c2n1.COc1ncc(C#Cc2cccnc2)cc1N1CCOC2(COC2)C1C.O=CO. The molecule has 0 radical (unpaired) electrons. The zero-order chi connectivity index (χ0) is 34.2. The number of hydrogen-bond acceptors (Lipinski definition) is 11. The fourth-order valence-electron chi connectivity index (χ4n) is 6.28. The van der Waals surface area contributed by atoms with E-state index in [1.807, 2.05) is 36.4 Å². The molecule has 1 N–H and O–H groups in total. The second-order valence-corrected chi connectivity index (χ2v) is 11.9. The Labute approximate surface area is 285 Å². The molecular formula is C37H40N6O6. The standard InChI is InChI=1S/C20H21N3O3.C16H17N3O.CH2O2/c1-15-20(13-25-14-20)26-9-8-23(15)18-10-17(12-22-19(18)24-2)6-5-16-4-3-7-21-11-16;1-2-13-17-14-11-7-3-4-8-12(11)20-15(14)16(18-13)19-9-5-6-10-19;2-1-3/h3-4,7,10-12,15H,8-9,13-14H2,1-2H3;3-4,7-8H,2,5-6,9-10H2,1H3;1H,(H,2,3). The van der Waals surface area contributed by atoms with Crippen LogP contribution in [0.1, 0.15) is 43.6 Å². The van der Waals surface area contributed by atoms with E-state index in [4.69, 9.17) is 33.5 Å². The molecule has 3 aliphatic rings. The molecule has 0 saturated carbocycles. The van der Waals surface area contributed by atoms with E-state index in [0.717, 1.165) is 76.6 Å². The number of benzene rings is 1. The highest BCUT2D eigenvalue weighted by Crippen LogP contribution is 2.38. The molecule has 49 heavy (non-hydrogen) atoms. The number of methoxy groups -OCH3 is 1. The number of aryl methyl sites for hydroxylation is 1. The maximum Gasteiger partial charge on any atom is 0.290 e. The number of para-hydroxylation sites is 1. The Hall–Kier alpha value is -5.25. The van der Waals surface area contributed by atoms with E-state index in [1.165, 1.54) is 12.8 Å². The molecule has 4 aromatic heterocycles. The number of ether oxygens (including phenoxy) is 3. The van der Waals surface area contributed by atoms with Gasteiger partial charge in [-0.2, -0.15) is 0 Å². The van der Waals surface area contributed by atoms with Crippen LogP contribution in [0.3, 0.4) is 0 Å². The Morgan fingerprint density at radius 1 is 1.06 bits per heavy atom. The lowest BCUT2D eigenvalue weighted by molar-refractivity contribution is -0.228. The Morgan fingerprint density at radius 2 is 1.84 bits per heavy atom. The lowest BCUT2D eigenvalue weighted by Crippen LogP contribution is -2.68. The summed E-state index contributed by atoms with van der Waals surface area (Å²) in [6.45, 7) is 8.82. The molecule has 3 fully saturated rings. The van der Waals surface area contributed by atoms with Crippen molar-refractivity contribution in [2.24, 2.45) is 0 Å². The van der Waals surface area contributed by atoms with Crippen LogP contribution in [0.15, 0.2) is 65.5 Å². The van der Waals surface area contributed by atoms with Gasteiger partial charge in [-0.05, 0) is 50.1 Å². The van der Waals surface area contributed by atoms with Gasteiger partial charge in [0.1, 0.15) is 28.2 Å². The highest BCUT2D eigenvalue weighted by atomic mass is 16.6. The molecule has 8 rings (SSSR count). The Kier molecular flexibility index (Phi) is 10.5. The first-order chi connectivity index (χ1) is 24.0. The van der Waals surface area contributed by atoms with Gasteiger partial charge in [-0.1, -0.05) is 30.9 Å². The summed E-state index contributed by atoms with van der Waals surface area (Å²) < 4.78 is 23.0. The van der Waals surface area contributed by atoms with Gasteiger partial charge in [0.05, 0.1) is 33.0 Å². The average molecular weight is 665 g/mol. The second-order valence-electron chi connectivity index (χ2n) is 11.9. The van der Waals surface area contributed by atoms with Gasteiger partial charge in [-0.3, -0.25) is 9.78 Å². The van der Waals surface area contributed by atoms with Crippen LogP contribution in [0.5, 0.6) is 5.88 Å². The summed E-state index contributed by atoms with van der Waals surface area (Å²) in [5.74, 6) is 8.75. The fourth-order valence-corrected chi connectivity index (χ4v) is 6.28. The van der Waals surface area contributed by atoms with Crippen molar-refractivity contribution in [3.8, 4) is 17.7 Å². The van der Waals surface area contributed by atoms with E-state index in [0.29, 0.717) is 25.7 Å². The zero-order valence-corrected chi connectivity index (χ0v) is 28.0. The van der Waals surface area contributed by atoms with Crippen LogP contribution in [-0.4, -0.2) is 89.7 Å². The summed E-state index contributed by atoms with van der Waals surface area (Å²) in [5, 5.41) is 7.97. The van der Waals surface area contributed by atoms with Gasteiger partial charge >= 0.3 is 0 Å². The number of carbonyl (C=O) groups is 1. The Bertz CT molecular complexity index is 1950. The van der Waals surface area contributed by atoms with Crippen LogP contribution in [0.2, 0.25) is 0 Å². The van der Waals surface area contributed by atoms with Gasteiger partial charge in [-0.15, -0.1) is 0 Å². The number of pyridine rings is 2. The minimum atomic E-state index is -0.250. The van der Waals surface area contributed by atoms with Crippen LogP contribution in [0.4, 0.5) is 11.5 Å². The molecule has 1 unspecified atom stereocenters. The number of hydrogen-bond donors (Lipinski definition) is 1. The number of carboxylic acid groups (broad SMARTS) is 1. The minimum Gasteiger partial charge on any atom is -0.483 e. The van der Waals surface area contributed by atoms with Crippen molar-refractivity contribution in [2.45, 2.75) is 44.8 Å². The van der Waals surface area contributed by atoms with Gasteiger partial charge in [-0.25, -0.2) is 15.0 Å². The first-order valence-corrected chi connectivity index (χ1v) is 16.5. The normalized spacial score (nSPS) is 17.7. The molecule has 1 aromatic carbocycles. The van der Waals surface area contributed by atoms with Crippen LogP contribution in [0.25, 0.3) is 22.1 Å². The van der Waals surface area contributed by atoms with E-state index in [2.05, 4.69) is 56.5 Å². The molecule has 5 aromatic rings. The van der Waals surface area contributed by atoms with Gasteiger partial charge in [0, 0.05) is 61.2 Å². The molecule has 0 aliphatic carbocycles. The van der Waals surface area contributed by atoms with Crippen LogP contribution < -0.4 is 14.5 Å². The Morgan fingerprint density at radius 3 is 2.53 bits per heavy atom. The predicted octanol–water partition coefficient (Wildman–Crippen LogP) is 5.12. The fraction of sp³-hybridized carbons (Fsp3) is 0.378. The van der Waals surface area contributed by atoms with E-state index >= 15 is 0 Å². The summed E-state index contributed by atoms with van der Waals surface area (Å²) in [7, 11) is 1.64. The number of aromatic nitrogens is 4. The van der Waals surface area contributed by atoms with Crippen LogP contribution in [0, 0.1) is 11.8 Å². The minimum absolute atomic E-state index is 0.169. The maximum absolute atomic E-state index is 8.36. The molecule has 3 aliphatic heterocycles. The largest absolute Gasteiger partial charge is 0.483 e. The van der Waals surface area contributed by atoms with Gasteiger partial charge in [0.2, 0.25) is 5.88 Å². The van der Waals surface area contributed by atoms with Crippen LogP contribution in [-0.2, 0) is 20.7 Å². The van der Waals surface area contributed by atoms with E-state index in [1.54, 1.807) is 25.7 Å². The van der Waals surface area contributed by atoms with Crippen molar-refractivity contribution >= 4 is 40.0 Å². The summed E-state index contributed by atoms with van der Waals surface area (Å²) >= 11 is 0.